The van der Waals surface area contributed by atoms with E-state index < -0.39 is 17.9 Å². The summed E-state index contributed by atoms with van der Waals surface area (Å²) in [5, 5.41) is 25.2. The lowest BCUT2D eigenvalue weighted by molar-refractivity contribution is -0.138. The third-order valence-corrected chi connectivity index (χ3v) is 5.50. The van der Waals surface area contributed by atoms with Gasteiger partial charge in [0, 0.05) is 17.6 Å². The summed E-state index contributed by atoms with van der Waals surface area (Å²) in [6.45, 7) is 2.68. The number of para-hydroxylation sites is 1. The number of nitrogens with one attached hydrogen (secondary N) is 2. The van der Waals surface area contributed by atoms with Crippen LogP contribution < -0.4 is 32.0 Å². The summed E-state index contributed by atoms with van der Waals surface area (Å²) in [6, 6.07) is 14.4. The maximum absolute atomic E-state index is 13.2. The summed E-state index contributed by atoms with van der Waals surface area (Å²) in [6.07, 6.45) is 0.956. The van der Waals surface area contributed by atoms with Gasteiger partial charge in [0.2, 0.25) is 0 Å². The second kappa shape index (κ2) is 14.1. The number of guanidine groups is 1. The molecule has 0 spiro atoms. The molecule has 4 aromatic rings. The molecular weight excluding hydrogens is 520 g/mol. The predicted octanol–water partition coefficient (Wildman–Crippen LogP) is 1.26. The van der Waals surface area contributed by atoms with E-state index in [4.69, 9.17) is 31.8 Å². The van der Waals surface area contributed by atoms with Crippen molar-refractivity contribution in [2.24, 2.45) is 22.2 Å². The molecule has 1 amide bonds. The molecular formula is C25H32N10O5. The van der Waals surface area contributed by atoms with Gasteiger partial charge in [0.05, 0.1) is 19.2 Å². The Morgan fingerprint density at radius 3 is 2.55 bits per heavy atom. The van der Waals surface area contributed by atoms with Crippen molar-refractivity contribution in [2.75, 3.05) is 25.6 Å². The first-order valence-electron chi connectivity index (χ1n) is 12.3. The molecule has 0 unspecified atom stereocenters. The third kappa shape index (κ3) is 7.44. The number of aromatic nitrogens is 5. The van der Waals surface area contributed by atoms with Gasteiger partial charge in [-0.05, 0) is 55.3 Å². The minimum Gasteiger partial charge on any atom is -0.497 e. The molecule has 9 N–H and O–H groups in total. The molecule has 15 heteroatoms. The molecule has 2 aromatic carbocycles. The lowest BCUT2D eigenvalue weighted by Gasteiger charge is -2.11. The van der Waals surface area contributed by atoms with Crippen molar-refractivity contribution < 1.29 is 24.2 Å². The number of ether oxygens (including phenoxy) is 2. The Hall–Kier alpha value is -5.18. The molecule has 4 rings (SSSR count). The maximum atomic E-state index is 13.2. The number of carboxylic acids is 1. The molecule has 0 aliphatic heterocycles. The van der Waals surface area contributed by atoms with Gasteiger partial charge in [-0.1, -0.05) is 23.3 Å². The van der Waals surface area contributed by atoms with Crippen LogP contribution in [0.2, 0.25) is 0 Å². The Balaban J connectivity index is 0.000000312. The number of aliphatic carboxylic acids is 1. The number of benzene rings is 2. The zero-order valence-corrected chi connectivity index (χ0v) is 22.1. The highest BCUT2D eigenvalue weighted by Crippen LogP contribution is 2.38. The standard InChI is InChI=1S/C19H18N6O3.C6H14N4O2/c1-3-28-17-14-11-13(27-2)9-10-15(14)25(12-7-5-4-6-8-12)16(17)18(26)20-19-21-23-24-22-19;7-4(5(11)12)2-1-3-10-6(8)9/h4-11H,3H2,1-2H3,(H2,20,21,22,23,24,26);4H,1-3,7H2,(H,11,12)(H4,8,9,10)/t;4-/m.0/s1. The van der Waals surface area contributed by atoms with Crippen molar-refractivity contribution in [1.82, 2.24) is 25.2 Å². The van der Waals surface area contributed by atoms with Crippen LogP contribution in [-0.4, -0.2) is 74.4 Å². The number of rotatable bonds is 11. The molecule has 15 nitrogen and oxygen atoms in total. The average molecular weight is 553 g/mol. The van der Waals surface area contributed by atoms with Gasteiger partial charge in [-0.2, -0.15) is 5.21 Å². The number of carbonyl (C=O) groups excluding carboxylic acids is 1. The second-order valence-corrected chi connectivity index (χ2v) is 8.25. The second-order valence-electron chi connectivity index (χ2n) is 8.25. The molecule has 0 aliphatic rings. The van der Waals surface area contributed by atoms with Gasteiger partial charge in [0.25, 0.3) is 11.9 Å². The highest BCUT2D eigenvalue weighted by Gasteiger charge is 2.26. The first-order valence-corrected chi connectivity index (χ1v) is 12.3. The molecule has 0 saturated carbocycles. The van der Waals surface area contributed by atoms with Crippen molar-refractivity contribution >= 4 is 34.7 Å². The Morgan fingerprint density at radius 2 is 1.95 bits per heavy atom. The van der Waals surface area contributed by atoms with Gasteiger partial charge >= 0.3 is 5.97 Å². The van der Waals surface area contributed by atoms with E-state index in [1.54, 1.807) is 7.11 Å². The fraction of sp³-hybridized carbons (Fsp3) is 0.280. The molecule has 0 aliphatic carbocycles. The minimum atomic E-state index is -1.00. The molecule has 2 aromatic heterocycles. The van der Waals surface area contributed by atoms with Crippen LogP contribution in [0, 0.1) is 0 Å². The topological polar surface area (TPSA) is 235 Å². The summed E-state index contributed by atoms with van der Waals surface area (Å²) in [7, 11) is 1.60. The number of carbonyl (C=O) groups is 2. The quantitative estimate of drug-likeness (QED) is 0.0879. The van der Waals surface area contributed by atoms with Crippen molar-refractivity contribution in [2.45, 2.75) is 25.8 Å². The zero-order valence-electron chi connectivity index (χ0n) is 22.1. The van der Waals surface area contributed by atoms with E-state index in [2.05, 4.69) is 30.9 Å². The van der Waals surface area contributed by atoms with Gasteiger partial charge in [-0.25, -0.2) is 0 Å². The normalized spacial score (nSPS) is 11.2. The zero-order chi connectivity index (χ0) is 29.1. The lowest BCUT2D eigenvalue weighted by atomic mass is 10.2. The van der Waals surface area contributed by atoms with Gasteiger partial charge in [-0.15, -0.1) is 5.10 Å². The Labute approximate surface area is 229 Å². The number of fused-ring (bicyclic) bond motifs is 1. The van der Waals surface area contributed by atoms with E-state index in [1.807, 2.05) is 60.0 Å². The number of hydrogen-bond donors (Lipinski definition) is 6. The molecule has 2 heterocycles. The number of aliphatic imine (C=N–C) groups is 1. The lowest BCUT2D eigenvalue weighted by Crippen LogP contribution is -2.30. The number of anilines is 1. The van der Waals surface area contributed by atoms with Gasteiger partial charge in [-0.3, -0.25) is 19.9 Å². The summed E-state index contributed by atoms with van der Waals surface area (Å²) < 4.78 is 13.1. The Kier molecular flexibility index (Phi) is 10.4. The van der Waals surface area contributed by atoms with Crippen LogP contribution >= 0.6 is 0 Å². The number of amides is 1. The fourth-order valence-electron chi connectivity index (χ4n) is 3.73. The SMILES string of the molecule is CCOc1c(C(=O)Nc2nn[nH]n2)n(-c2ccccc2)c2ccc(OC)cc12.NC(N)=NCCC[C@H](N)C(=O)O. The van der Waals surface area contributed by atoms with E-state index in [0.29, 0.717) is 43.2 Å². The number of tetrazole rings is 1. The van der Waals surface area contributed by atoms with Crippen molar-refractivity contribution in [3.8, 4) is 17.2 Å². The van der Waals surface area contributed by atoms with Crippen LogP contribution in [0.5, 0.6) is 11.5 Å². The number of nitrogens with zero attached hydrogens (tertiary/aromatic N) is 5. The molecule has 0 fully saturated rings. The molecule has 212 valence electrons. The molecule has 1 atom stereocenters. The maximum Gasteiger partial charge on any atom is 0.320 e. The first-order chi connectivity index (χ1) is 19.3. The van der Waals surface area contributed by atoms with Crippen LogP contribution in [0.4, 0.5) is 5.95 Å². The first kappa shape index (κ1) is 29.4. The van der Waals surface area contributed by atoms with Crippen LogP contribution in [0.1, 0.15) is 30.3 Å². The van der Waals surface area contributed by atoms with E-state index in [1.165, 1.54) is 0 Å². The minimum absolute atomic E-state index is 0.0129. The monoisotopic (exact) mass is 552 g/mol. The summed E-state index contributed by atoms with van der Waals surface area (Å²) in [4.78, 5) is 27.1. The number of nitrogens with two attached hydrogens (primary N) is 3. The van der Waals surface area contributed by atoms with Crippen molar-refractivity contribution in [3.05, 3.63) is 54.2 Å². The highest BCUT2D eigenvalue weighted by molar-refractivity contribution is 6.10. The number of methoxy groups -OCH3 is 1. The number of carboxylic acid groups (broad SMARTS) is 1. The molecule has 0 radical (unpaired) electrons. The van der Waals surface area contributed by atoms with Crippen LogP contribution in [0.15, 0.2) is 53.5 Å². The predicted molar refractivity (Wildman–Crippen MR) is 149 cm³/mol. The van der Waals surface area contributed by atoms with Crippen molar-refractivity contribution in [1.29, 1.82) is 0 Å². The summed E-state index contributed by atoms with van der Waals surface area (Å²) in [5.41, 5.74) is 17.3. The highest BCUT2D eigenvalue weighted by atomic mass is 16.5. The molecule has 40 heavy (non-hydrogen) atoms. The number of aromatic amines is 1. The largest absolute Gasteiger partial charge is 0.497 e. The van der Waals surface area contributed by atoms with Crippen molar-refractivity contribution in [3.63, 3.8) is 0 Å². The van der Waals surface area contributed by atoms with E-state index in [0.717, 1.165) is 16.6 Å². The average Bonchev–Trinajstić information content (AvgIpc) is 3.57. The summed E-state index contributed by atoms with van der Waals surface area (Å²) >= 11 is 0. The van der Waals surface area contributed by atoms with Gasteiger partial charge < -0.3 is 36.3 Å². The Morgan fingerprint density at radius 1 is 1.20 bits per heavy atom. The van der Waals surface area contributed by atoms with Crippen LogP contribution in [-0.2, 0) is 4.79 Å². The van der Waals surface area contributed by atoms with E-state index in [9.17, 15) is 9.59 Å². The van der Waals surface area contributed by atoms with E-state index >= 15 is 0 Å². The van der Waals surface area contributed by atoms with Gasteiger partial charge in [0.1, 0.15) is 11.8 Å². The third-order valence-electron chi connectivity index (χ3n) is 5.50. The Bertz CT molecular complexity index is 1430. The number of H-pyrrole nitrogens is 1. The van der Waals surface area contributed by atoms with Crippen LogP contribution in [0.25, 0.3) is 16.6 Å². The van der Waals surface area contributed by atoms with Gasteiger partial charge in [0.15, 0.2) is 17.4 Å². The molecule has 0 saturated heterocycles. The van der Waals surface area contributed by atoms with Crippen LogP contribution in [0.3, 0.4) is 0 Å². The smallest absolute Gasteiger partial charge is 0.320 e. The fourth-order valence-corrected chi connectivity index (χ4v) is 3.73. The van der Waals surface area contributed by atoms with E-state index in [-0.39, 0.29) is 11.9 Å². The number of hydrogen-bond acceptors (Lipinski definition) is 9. The molecule has 0 bridgehead atoms. The summed E-state index contributed by atoms with van der Waals surface area (Å²) in [5.74, 6) is -0.192.